The number of phenolic OH excluding ortho intramolecular Hbond substituents is 2. The molecule has 2 aromatic rings. The number of oxime groups is 1. The van der Waals surface area contributed by atoms with Gasteiger partial charge in [-0.1, -0.05) is 16.8 Å². The van der Waals surface area contributed by atoms with Crippen molar-refractivity contribution in [1.29, 1.82) is 0 Å². The van der Waals surface area contributed by atoms with Crippen LogP contribution in [0.2, 0.25) is 5.02 Å². The molecule has 7 rings (SSSR count). The van der Waals surface area contributed by atoms with Crippen LogP contribution in [-0.4, -0.2) is 130 Å². The molecule has 2 bridgehead atoms. The van der Waals surface area contributed by atoms with Gasteiger partial charge in [-0.2, -0.15) is 9.36 Å². The maximum atomic E-state index is 13.5. The van der Waals surface area contributed by atoms with Crippen molar-refractivity contribution in [3.63, 3.8) is 0 Å². The fourth-order valence-corrected chi connectivity index (χ4v) is 8.88. The van der Waals surface area contributed by atoms with Crippen molar-refractivity contribution in [1.82, 2.24) is 24.9 Å². The zero-order chi connectivity index (χ0) is 37.7. The summed E-state index contributed by atoms with van der Waals surface area (Å²) in [7, 11) is 0. The van der Waals surface area contributed by atoms with E-state index in [1.807, 2.05) is 0 Å². The maximum absolute atomic E-state index is 13.5. The summed E-state index contributed by atoms with van der Waals surface area (Å²) < 4.78 is 4.60. The van der Waals surface area contributed by atoms with Crippen LogP contribution in [0, 0.1) is 5.41 Å². The van der Waals surface area contributed by atoms with Crippen LogP contribution in [0.1, 0.15) is 49.3 Å². The van der Waals surface area contributed by atoms with Crippen LogP contribution in [0.15, 0.2) is 28.6 Å². The smallest absolute Gasteiger partial charge is 0.352 e. The van der Waals surface area contributed by atoms with Crippen LogP contribution in [0.5, 0.6) is 11.5 Å². The van der Waals surface area contributed by atoms with Gasteiger partial charge in [-0.3, -0.25) is 19.3 Å². The third-order valence-electron chi connectivity index (χ3n) is 10.1. The zero-order valence-electron chi connectivity index (χ0n) is 27.9. The highest BCUT2D eigenvalue weighted by Crippen LogP contribution is 2.46. The molecule has 6 heterocycles. The van der Waals surface area contributed by atoms with E-state index < -0.39 is 63.9 Å². The summed E-state index contributed by atoms with van der Waals surface area (Å²) in [5, 5.41) is 47.5. The molecule has 3 amide bonds. The van der Waals surface area contributed by atoms with Crippen molar-refractivity contribution < 1.29 is 53.7 Å². The minimum Gasteiger partial charge on any atom is -0.504 e. The largest absolute Gasteiger partial charge is 0.504 e. The third-order valence-corrected chi connectivity index (χ3v) is 12.4. The molecule has 2 atom stereocenters. The Morgan fingerprint density at radius 1 is 1.17 bits per heavy atom. The van der Waals surface area contributed by atoms with E-state index in [-0.39, 0.29) is 32.7 Å². The van der Waals surface area contributed by atoms with Crippen LogP contribution in [0.3, 0.4) is 0 Å². The fourth-order valence-electron chi connectivity index (χ4n) is 6.86. The monoisotopic (exact) mass is 779 g/mol. The van der Waals surface area contributed by atoms with Crippen molar-refractivity contribution in [2.45, 2.75) is 50.1 Å². The van der Waals surface area contributed by atoms with Crippen molar-refractivity contribution in [2.75, 3.05) is 44.2 Å². The van der Waals surface area contributed by atoms with Crippen molar-refractivity contribution in [2.24, 2.45) is 10.6 Å². The van der Waals surface area contributed by atoms with E-state index in [1.165, 1.54) is 42.6 Å². The topological polar surface area (TPSA) is 267 Å². The molecular weight excluding hydrogens is 744 g/mol. The zero-order valence-corrected chi connectivity index (χ0v) is 30.3. The summed E-state index contributed by atoms with van der Waals surface area (Å²) in [4.78, 5) is 74.1. The Hall–Kier alpha value is -4.66. The Labute approximate surface area is 309 Å². The molecule has 21 heteroatoms. The number of quaternary nitrogens is 1. The number of piperidine rings is 3. The number of nitrogens with one attached hydrogen (secondary N) is 2. The molecule has 1 aromatic carbocycles. The molecule has 18 nitrogen and oxygen atoms in total. The Morgan fingerprint density at radius 2 is 1.85 bits per heavy atom. The number of aliphatic carboxylic acids is 2. The second kappa shape index (κ2) is 13.7. The number of nitrogens with zero attached hydrogens (tertiary/aromatic N) is 5. The van der Waals surface area contributed by atoms with Crippen LogP contribution in [-0.2, 0) is 24.0 Å². The minimum absolute atomic E-state index is 0.00891. The van der Waals surface area contributed by atoms with Gasteiger partial charge in [0.2, 0.25) is 17.1 Å². The SMILES string of the molecule is CC(C)(O/N=C(\C(=O)N[C@@H]1C(=O)N2C(C(=O)O)=C(C[N+]34CCC(CNC(=O)c5ccc(O)c(O)c5Cl)(CC3)CC4)CS[C@H]12)c1nsc(N)n1)C(=O)O. The fraction of sp³-hybridized carbons (Fsp3) is 0.484. The van der Waals surface area contributed by atoms with Gasteiger partial charge in [0.25, 0.3) is 17.7 Å². The molecule has 0 radical (unpaired) electrons. The van der Waals surface area contributed by atoms with Gasteiger partial charge in [0, 0.05) is 54.1 Å². The number of aromatic hydroxyl groups is 2. The summed E-state index contributed by atoms with van der Waals surface area (Å²) in [6, 6.07) is 1.43. The number of hydrogen-bond donors (Lipinski definition) is 7. The summed E-state index contributed by atoms with van der Waals surface area (Å²) in [5.41, 5.74) is 3.75. The Morgan fingerprint density at radius 3 is 2.44 bits per heavy atom. The van der Waals surface area contributed by atoms with Crippen molar-refractivity contribution in [3.8, 4) is 11.5 Å². The first kappa shape index (κ1) is 37.1. The summed E-state index contributed by atoms with van der Waals surface area (Å²) in [6.07, 6.45) is 2.34. The number of rotatable bonds is 12. The number of thioether (sulfide) groups is 1. The number of β-lactam (4-membered cyclic amide) rings is 1. The van der Waals surface area contributed by atoms with Crippen molar-refractivity contribution >= 4 is 75.4 Å². The number of hydrogen-bond acceptors (Lipinski definition) is 14. The average molecular weight is 780 g/mol. The number of nitrogens with two attached hydrogens (primary N) is 1. The van der Waals surface area contributed by atoms with E-state index in [1.54, 1.807) is 0 Å². The molecule has 8 N–H and O–H groups in total. The molecule has 5 aliphatic rings. The highest BCUT2D eigenvalue weighted by atomic mass is 35.5. The van der Waals surface area contributed by atoms with E-state index in [2.05, 4.69) is 25.1 Å². The van der Waals surface area contributed by atoms with Gasteiger partial charge >= 0.3 is 11.9 Å². The van der Waals surface area contributed by atoms with E-state index in [9.17, 15) is 44.4 Å². The number of carbonyl (C=O) groups excluding carboxylic acids is 3. The van der Waals surface area contributed by atoms with Gasteiger partial charge in [0.05, 0.1) is 30.2 Å². The van der Waals surface area contributed by atoms with E-state index in [0.717, 1.165) is 50.4 Å². The number of benzene rings is 1. The predicted molar refractivity (Wildman–Crippen MR) is 186 cm³/mol. The number of halogens is 1. The highest BCUT2D eigenvalue weighted by molar-refractivity contribution is 8.00. The number of carboxylic acids is 2. The van der Waals surface area contributed by atoms with E-state index in [0.29, 0.717) is 28.9 Å². The third kappa shape index (κ3) is 6.82. The number of amides is 3. The summed E-state index contributed by atoms with van der Waals surface area (Å²) in [6.45, 7) is 5.49. The van der Waals surface area contributed by atoms with Crippen LogP contribution >= 0.6 is 34.9 Å². The number of aromatic nitrogens is 2. The van der Waals surface area contributed by atoms with Gasteiger partial charge in [0.15, 0.2) is 16.6 Å². The number of phenols is 2. The van der Waals surface area contributed by atoms with Crippen molar-refractivity contribution in [3.05, 3.63) is 39.8 Å². The molecule has 0 unspecified atom stereocenters. The highest BCUT2D eigenvalue weighted by Gasteiger charge is 2.56. The maximum Gasteiger partial charge on any atom is 0.352 e. The molecule has 278 valence electrons. The number of carboxylic acid groups (broad SMARTS) is 2. The Bertz CT molecular complexity index is 1910. The van der Waals surface area contributed by atoms with Crippen LogP contribution in [0.25, 0.3) is 0 Å². The van der Waals surface area contributed by atoms with Crippen LogP contribution in [0.4, 0.5) is 5.13 Å². The van der Waals surface area contributed by atoms with Gasteiger partial charge in [-0.05, 0) is 26.0 Å². The lowest BCUT2D eigenvalue weighted by Gasteiger charge is -2.56. The summed E-state index contributed by atoms with van der Waals surface area (Å²) in [5.74, 6) is -5.55. The Balaban J connectivity index is 1.11. The van der Waals surface area contributed by atoms with Gasteiger partial charge in [-0.15, -0.1) is 11.8 Å². The number of carbonyl (C=O) groups is 5. The normalized spacial score (nSPS) is 25.6. The first-order chi connectivity index (χ1) is 24.5. The number of anilines is 1. The lowest BCUT2D eigenvalue weighted by Crippen LogP contribution is -2.71. The van der Waals surface area contributed by atoms with Crippen LogP contribution < -0.4 is 16.4 Å². The number of nitrogen functional groups attached to an aromatic ring is 1. The molecule has 52 heavy (non-hydrogen) atoms. The Kier molecular flexibility index (Phi) is 9.79. The lowest BCUT2D eigenvalue weighted by atomic mass is 9.70. The summed E-state index contributed by atoms with van der Waals surface area (Å²) >= 11 is 8.16. The molecule has 4 fully saturated rings. The van der Waals surface area contributed by atoms with Gasteiger partial charge in [0.1, 0.15) is 23.7 Å². The predicted octanol–water partition coefficient (Wildman–Crippen LogP) is 0.938. The molecule has 0 spiro atoms. The minimum atomic E-state index is -1.81. The molecule has 5 aliphatic heterocycles. The standard InChI is InChI=1S/C31H35ClN8O10S2/c1-30(2,28(48)49)50-37-18(22-36-29(33)52-38-22)24(44)35-19-25(45)39-20(27(46)47)14(12-51-26(19)39)11-40-8-5-31(6-9-40,7-10-40)13-34-23(43)15-3-4-16(41)21(42)17(15)32/h3-4,19,26H,5-13H2,1-2H3,(H7-,33,34,35,36,37,38,41,42,43,44,46,47,48,49)/p+1/t19-,26-,31?,40?/m1/s1. The molecule has 4 saturated heterocycles. The molecule has 0 saturated carbocycles. The second-order valence-electron chi connectivity index (χ2n) is 13.8. The quantitative estimate of drug-likeness (QED) is 0.0520. The molecular formula is C31H36ClN8O10S2+. The lowest BCUT2D eigenvalue weighted by molar-refractivity contribution is -0.941. The van der Waals surface area contributed by atoms with Gasteiger partial charge < -0.3 is 46.1 Å². The van der Waals surface area contributed by atoms with E-state index in [4.69, 9.17) is 22.2 Å². The first-order valence-corrected chi connectivity index (χ1v) is 18.3. The van der Waals surface area contributed by atoms with E-state index >= 15 is 0 Å². The number of fused-ring (bicyclic) bond motifs is 4. The molecule has 1 aromatic heterocycles. The second-order valence-corrected chi connectivity index (χ2v) is 16.1. The first-order valence-electron chi connectivity index (χ1n) is 16.1. The molecule has 0 aliphatic carbocycles. The average Bonchev–Trinajstić information content (AvgIpc) is 3.54. The van der Waals surface area contributed by atoms with Gasteiger partial charge in [-0.25, -0.2) is 9.59 Å².